The molecule has 7 nitrogen and oxygen atoms in total. The number of hydrogen-bond donors (Lipinski definition) is 2. The van der Waals surface area contributed by atoms with Crippen molar-refractivity contribution >= 4 is 40.2 Å². The highest BCUT2D eigenvalue weighted by atomic mass is 16.5. The number of rotatable bonds is 7. The molecule has 4 aromatic rings. The fraction of sp³-hybridized carbons (Fsp3) is 0.0769. The summed E-state index contributed by atoms with van der Waals surface area (Å²) in [5.74, 6) is 0.641. The van der Waals surface area contributed by atoms with Gasteiger partial charge in [0.25, 0.3) is 5.91 Å². The van der Waals surface area contributed by atoms with Crippen molar-refractivity contribution in [1.82, 2.24) is 0 Å². The molecule has 1 heterocycles. The minimum absolute atomic E-state index is 0.194. The Kier molecular flexibility index (Phi) is 6.40. The zero-order valence-corrected chi connectivity index (χ0v) is 18.1. The van der Waals surface area contributed by atoms with Crippen LogP contribution in [0.5, 0.6) is 11.5 Å². The highest BCUT2D eigenvalue weighted by molar-refractivity contribution is 6.06. The van der Waals surface area contributed by atoms with E-state index in [1.165, 1.54) is 13.2 Å². The number of carbonyl (C=O) groups is 2. The molecule has 0 saturated heterocycles. The van der Waals surface area contributed by atoms with Crippen LogP contribution in [0.15, 0.2) is 83.3 Å². The molecule has 0 bridgehead atoms. The Balaban J connectivity index is 1.42. The van der Waals surface area contributed by atoms with Gasteiger partial charge in [0.15, 0.2) is 5.76 Å². The number of nitrogens with one attached hydrogen (secondary N) is 2. The lowest BCUT2D eigenvalue weighted by Crippen LogP contribution is -2.12. The second-order valence-corrected chi connectivity index (χ2v) is 7.11. The summed E-state index contributed by atoms with van der Waals surface area (Å²) in [4.78, 5) is 24.9. The van der Waals surface area contributed by atoms with Gasteiger partial charge in [0.05, 0.1) is 19.9 Å². The molecule has 1 aromatic heterocycles. The van der Waals surface area contributed by atoms with Gasteiger partial charge in [-0.2, -0.15) is 0 Å². The first-order chi connectivity index (χ1) is 16.1. The predicted octanol–water partition coefficient (Wildman–Crippen LogP) is 5.35. The Labute approximate surface area is 190 Å². The molecular weight excluding hydrogens is 420 g/mol. The Bertz CT molecular complexity index is 1290. The van der Waals surface area contributed by atoms with E-state index in [0.29, 0.717) is 22.7 Å². The van der Waals surface area contributed by atoms with Gasteiger partial charge in [0.2, 0.25) is 5.91 Å². The number of furan rings is 1. The van der Waals surface area contributed by atoms with Gasteiger partial charge in [0, 0.05) is 23.2 Å². The standard InChI is InChI=1S/C26H22N2O5/c1-31-20-11-7-17(8-12-20)9-14-25(29)27-19-10-13-21(23(16-19)32-2)28-26(30)24-15-18-5-3-4-6-22(18)33-24/h3-16H,1-2H3,(H,27,29)(H,28,30)/b14-9+. The minimum Gasteiger partial charge on any atom is -0.497 e. The maximum absolute atomic E-state index is 12.6. The van der Waals surface area contributed by atoms with Crippen LogP contribution in [0.25, 0.3) is 17.0 Å². The second kappa shape index (κ2) is 9.74. The lowest BCUT2D eigenvalue weighted by atomic mass is 10.2. The summed E-state index contributed by atoms with van der Waals surface area (Å²) in [6.45, 7) is 0. The van der Waals surface area contributed by atoms with Gasteiger partial charge in [-0.15, -0.1) is 0 Å². The van der Waals surface area contributed by atoms with Crippen LogP contribution in [0, 0.1) is 0 Å². The van der Waals surface area contributed by atoms with E-state index in [2.05, 4.69) is 10.6 Å². The fourth-order valence-corrected chi connectivity index (χ4v) is 3.22. The van der Waals surface area contributed by atoms with Gasteiger partial charge < -0.3 is 24.5 Å². The lowest BCUT2D eigenvalue weighted by molar-refractivity contribution is -0.111. The van der Waals surface area contributed by atoms with Crippen molar-refractivity contribution in [1.29, 1.82) is 0 Å². The maximum Gasteiger partial charge on any atom is 0.291 e. The molecule has 2 amide bonds. The topological polar surface area (TPSA) is 89.8 Å². The van der Waals surface area contributed by atoms with E-state index < -0.39 is 5.91 Å². The highest BCUT2D eigenvalue weighted by Crippen LogP contribution is 2.29. The molecule has 0 atom stereocenters. The van der Waals surface area contributed by atoms with E-state index in [1.54, 1.807) is 43.5 Å². The first-order valence-electron chi connectivity index (χ1n) is 10.2. The molecule has 4 rings (SSSR count). The first-order valence-corrected chi connectivity index (χ1v) is 10.2. The fourth-order valence-electron chi connectivity index (χ4n) is 3.22. The smallest absolute Gasteiger partial charge is 0.291 e. The van der Waals surface area contributed by atoms with E-state index in [4.69, 9.17) is 13.9 Å². The summed E-state index contributed by atoms with van der Waals surface area (Å²) in [6, 6.07) is 21.4. The van der Waals surface area contributed by atoms with E-state index in [9.17, 15) is 9.59 Å². The Hall–Kier alpha value is -4.52. The molecule has 33 heavy (non-hydrogen) atoms. The highest BCUT2D eigenvalue weighted by Gasteiger charge is 2.15. The Morgan fingerprint density at radius 2 is 1.67 bits per heavy atom. The second-order valence-electron chi connectivity index (χ2n) is 7.11. The maximum atomic E-state index is 12.6. The molecule has 0 aliphatic heterocycles. The van der Waals surface area contributed by atoms with Crippen LogP contribution in [0.4, 0.5) is 11.4 Å². The van der Waals surface area contributed by atoms with Crippen LogP contribution in [-0.2, 0) is 4.79 Å². The van der Waals surface area contributed by atoms with Crippen molar-refractivity contribution in [2.45, 2.75) is 0 Å². The van der Waals surface area contributed by atoms with Gasteiger partial charge in [0.1, 0.15) is 17.1 Å². The molecule has 166 valence electrons. The quantitative estimate of drug-likeness (QED) is 0.377. The number of methoxy groups -OCH3 is 2. The van der Waals surface area contributed by atoms with Crippen LogP contribution in [0.1, 0.15) is 16.1 Å². The number of ether oxygens (including phenoxy) is 2. The van der Waals surface area contributed by atoms with Gasteiger partial charge in [-0.25, -0.2) is 0 Å². The SMILES string of the molecule is COc1ccc(/C=C/C(=O)Nc2ccc(NC(=O)c3cc4ccccc4o3)c(OC)c2)cc1. The monoisotopic (exact) mass is 442 g/mol. The number of carbonyl (C=O) groups excluding carboxylic acids is 2. The van der Waals surface area contributed by atoms with Gasteiger partial charge >= 0.3 is 0 Å². The van der Waals surface area contributed by atoms with Gasteiger partial charge in [-0.05, 0) is 48.0 Å². The van der Waals surface area contributed by atoms with Crippen LogP contribution in [0.2, 0.25) is 0 Å². The number of para-hydroxylation sites is 1. The Morgan fingerprint density at radius 3 is 2.39 bits per heavy atom. The molecule has 0 aliphatic rings. The third-order valence-corrected chi connectivity index (χ3v) is 4.91. The van der Waals surface area contributed by atoms with Gasteiger partial charge in [-0.1, -0.05) is 30.3 Å². The third kappa shape index (κ3) is 5.22. The Morgan fingerprint density at radius 1 is 0.879 bits per heavy atom. The summed E-state index contributed by atoms with van der Waals surface area (Å²) >= 11 is 0. The lowest BCUT2D eigenvalue weighted by Gasteiger charge is -2.11. The van der Waals surface area contributed by atoms with E-state index in [1.807, 2.05) is 42.5 Å². The largest absolute Gasteiger partial charge is 0.497 e. The molecule has 0 radical (unpaired) electrons. The third-order valence-electron chi connectivity index (χ3n) is 4.91. The number of anilines is 2. The number of amides is 2. The predicted molar refractivity (Wildman–Crippen MR) is 128 cm³/mol. The van der Waals surface area contributed by atoms with Crippen molar-refractivity contribution in [2.75, 3.05) is 24.9 Å². The molecule has 0 spiro atoms. The molecule has 0 unspecified atom stereocenters. The van der Waals surface area contributed by atoms with Crippen LogP contribution >= 0.6 is 0 Å². The molecule has 0 saturated carbocycles. The minimum atomic E-state index is -0.399. The summed E-state index contributed by atoms with van der Waals surface area (Å²) in [5.41, 5.74) is 2.48. The molecule has 2 N–H and O–H groups in total. The number of fused-ring (bicyclic) bond motifs is 1. The van der Waals surface area contributed by atoms with Crippen molar-refractivity contribution in [3.05, 3.63) is 90.2 Å². The molecule has 3 aromatic carbocycles. The summed E-state index contributed by atoms with van der Waals surface area (Å²) < 4.78 is 16.1. The zero-order chi connectivity index (χ0) is 23.2. The van der Waals surface area contributed by atoms with Crippen molar-refractivity contribution in [3.63, 3.8) is 0 Å². The molecule has 0 aliphatic carbocycles. The first kappa shape index (κ1) is 21.7. The average Bonchev–Trinajstić information content (AvgIpc) is 3.28. The van der Waals surface area contributed by atoms with Crippen LogP contribution in [-0.4, -0.2) is 26.0 Å². The van der Waals surface area contributed by atoms with E-state index in [0.717, 1.165) is 16.7 Å². The van der Waals surface area contributed by atoms with E-state index >= 15 is 0 Å². The zero-order valence-electron chi connectivity index (χ0n) is 18.1. The van der Waals surface area contributed by atoms with Crippen LogP contribution < -0.4 is 20.1 Å². The van der Waals surface area contributed by atoms with Crippen molar-refractivity contribution in [2.24, 2.45) is 0 Å². The van der Waals surface area contributed by atoms with Crippen LogP contribution in [0.3, 0.4) is 0 Å². The number of hydrogen-bond acceptors (Lipinski definition) is 5. The number of benzene rings is 3. The summed E-state index contributed by atoms with van der Waals surface area (Å²) in [5, 5.41) is 6.40. The van der Waals surface area contributed by atoms with Gasteiger partial charge in [-0.3, -0.25) is 9.59 Å². The summed E-state index contributed by atoms with van der Waals surface area (Å²) in [7, 11) is 3.09. The average molecular weight is 442 g/mol. The van der Waals surface area contributed by atoms with E-state index in [-0.39, 0.29) is 11.7 Å². The normalized spacial score (nSPS) is 10.8. The molecular formula is C26H22N2O5. The summed E-state index contributed by atoms with van der Waals surface area (Å²) in [6.07, 6.45) is 3.14. The van der Waals surface area contributed by atoms with Crippen molar-refractivity contribution in [3.8, 4) is 11.5 Å². The van der Waals surface area contributed by atoms with Crippen molar-refractivity contribution < 1.29 is 23.5 Å². The molecule has 7 heteroatoms. The molecule has 0 fully saturated rings.